The lowest BCUT2D eigenvalue weighted by Crippen LogP contribution is -2.30. The molecule has 1 aromatic carbocycles. The van der Waals surface area contributed by atoms with Gasteiger partial charge in [-0.2, -0.15) is 0 Å². The Kier molecular flexibility index (Phi) is 6.61. The molecule has 118 valence electrons. The predicted molar refractivity (Wildman–Crippen MR) is 77.8 cm³/mol. The van der Waals surface area contributed by atoms with Gasteiger partial charge in [0, 0.05) is 18.6 Å². The minimum atomic E-state index is -0.227. The van der Waals surface area contributed by atoms with Crippen molar-refractivity contribution in [1.29, 1.82) is 0 Å². The average molecular weight is 298 g/mol. The minimum Gasteiger partial charge on any atom is -0.493 e. The number of ether oxygens (including phenoxy) is 4. The van der Waals surface area contributed by atoms with Gasteiger partial charge in [-0.25, -0.2) is 5.84 Å². The number of methoxy groups -OCH3 is 3. The van der Waals surface area contributed by atoms with Gasteiger partial charge in [0.25, 0.3) is 0 Å². The van der Waals surface area contributed by atoms with Crippen molar-refractivity contribution in [3.63, 3.8) is 0 Å². The molecule has 1 aromatic rings. The van der Waals surface area contributed by atoms with Gasteiger partial charge in [-0.3, -0.25) is 10.2 Å². The number of carbonyl (C=O) groups is 1. The second-order valence-electron chi connectivity index (χ2n) is 4.40. The Balaban J connectivity index is 2.81. The van der Waals surface area contributed by atoms with Gasteiger partial charge >= 0.3 is 0 Å². The molecular weight excluding hydrogens is 276 g/mol. The van der Waals surface area contributed by atoms with E-state index in [4.69, 9.17) is 24.8 Å². The van der Waals surface area contributed by atoms with Gasteiger partial charge in [-0.05, 0) is 13.3 Å². The van der Waals surface area contributed by atoms with Crippen LogP contribution in [0.25, 0.3) is 0 Å². The average Bonchev–Trinajstić information content (AvgIpc) is 2.51. The summed E-state index contributed by atoms with van der Waals surface area (Å²) in [5.41, 5.74) is 2.08. The largest absolute Gasteiger partial charge is 0.493 e. The maximum absolute atomic E-state index is 11.1. The second kappa shape index (κ2) is 8.21. The molecule has 0 aliphatic rings. The first-order chi connectivity index (χ1) is 10.0. The van der Waals surface area contributed by atoms with Crippen LogP contribution in [0.3, 0.4) is 0 Å². The number of amides is 1. The highest BCUT2D eigenvalue weighted by molar-refractivity contribution is 5.75. The molecule has 0 aromatic heterocycles. The van der Waals surface area contributed by atoms with Crippen molar-refractivity contribution in [3.05, 3.63) is 12.1 Å². The highest BCUT2D eigenvalue weighted by Crippen LogP contribution is 2.41. The monoisotopic (exact) mass is 298 g/mol. The maximum atomic E-state index is 11.1. The van der Waals surface area contributed by atoms with Gasteiger partial charge in [0.1, 0.15) is 5.75 Å². The molecular formula is C14H22N2O5. The summed E-state index contributed by atoms with van der Waals surface area (Å²) in [6, 6.07) is 3.42. The third-order valence-corrected chi connectivity index (χ3v) is 2.91. The van der Waals surface area contributed by atoms with Crippen LogP contribution in [0.4, 0.5) is 0 Å². The smallest absolute Gasteiger partial charge is 0.234 e. The summed E-state index contributed by atoms with van der Waals surface area (Å²) in [6.45, 7) is 1.87. The van der Waals surface area contributed by atoms with Gasteiger partial charge in [-0.1, -0.05) is 0 Å². The van der Waals surface area contributed by atoms with E-state index in [0.717, 1.165) is 0 Å². The Morgan fingerprint density at radius 1 is 1.19 bits per heavy atom. The van der Waals surface area contributed by atoms with Crippen LogP contribution in [0.1, 0.15) is 19.8 Å². The van der Waals surface area contributed by atoms with E-state index in [1.807, 2.05) is 6.92 Å². The van der Waals surface area contributed by atoms with Crippen molar-refractivity contribution in [2.75, 3.05) is 21.3 Å². The summed E-state index contributed by atoms with van der Waals surface area (Å²) in [7, 11) is 4.61. The SMILES string of the molecule is COc1cc(OC(C)CCC(=O)NN)cc(OC)c1OC. The second-order valence-corrected chi connectivity index (χ2v) is 4.40. The summed E-state index contributed by atoms with van der Waals surface area (Å²) in [4.78, 5) is 11.1. The van der Waals surface area contributed by atoms with Crippen LogP contribution < -0.4 is 30.2 Å². The maximum Gasteiger partial charge on any atom is 0.234 e. The van der Waals surface area contributed by atoms with Crippen LogP contribution in [-0.4, -0.2) is 33.3 Å². The molecule has 1 amide bonds. The molecule has 0 heterocycles. The van der Waals surface area contributed by atoms with Crippen LogP contribution in [0, 0.1) is 0 Å². The van der Waals surface area contributed by atoms with Crippen molar-refractivity contribution in [2.45, 2.75) is 25.9 Å². The molecule has 1 atom stereocenters. The highest BCUT2D eigenvalue weighted by Gasteiger charge is 2.15. The lowest BCUT2D eigenvalue weighted by Gasteiger charge is -2.18. The molecule has 0 spiro atoms. The fourth-order valence-corrected chi connectivity index (χ4v) is 1.82. The van der Waals surface area contributed by atoms with Gasteiger partial charge in [0.05, 0.1) is 27.4 Å². The van der Waals surface area contributed by atoms with Gasteiger partial charge in [0.15, 0.2) is 11.5 Å². The summed E-state index contributed by atoms with van der Waals surface area (Å²) < 4.78 is 21.5. The number of hydrogen-bond donors (Lipinski definition) is 2. The van der Waals surface area contributed by atoms with Crippen molar-refractivity contribution < 1.29 is 23.7 Å². The molecule has 1 rings (SSSR count). The Labute approximate surface area is 124 Å². The Bertz CT molecular complexity index is 453. The molecule has 0 aliphatic carbocycles. The Hall–Kier alpha value is -2.15. The fourth-order valence-electron chi connectivity index (χ4n) is 1.82. The lowest BCUT2D eigenvalue weighted by molar-refractivity contribution is -0.121. The van der Waals surface area contributed by atoms with E-state index in [9.17, 15) is 4.79 Å². The molecule has 0 saturated carbocycles. The van der Waals surface area contributed by atoms with Crippen LogP contribution in [0.5, 0.6) is 23.0 Å². The van der Waals surface area contributed by atoms with E-state index in [1.54, 1.807) is 12.1 Å². The van der Waals surface area contributed by atoms with Crippen LogP contribution in [-0.2, 0) is 4.79 Å². The molecule has 7 nitrogen and oxygen atoms in total. The first kappa shape index (κ1) is 16.9. The number of rotatable bonds is 8. The minimum absolute atomic E-state index is 0.162. The zero-order chi connectivity index (χ0) is 15.8. The fraction of sp³-hybridized carbons (Fsp3) is 0.500. The summed E-state index contributed by atoms with van der Waals surface area (Å²) in [5.74, 6) is 6.91. The molecule has 0 aliphatic heterocycles. The number of hydrazine groups is 1. The zero-order valence-corrected chi connectivity index (χ0v) is 12.8. The first-order valence-corrected chi connectivity index (χ1v) is 6.51. The van der Waals surface area contributed by atoms with E-state index in [2.05, 4.69) is 5.43 Å². The lowest BCUT2D eigenvalue weighted by atomic mass is 10.2. The number of carbonyl (C=O) groups excluding carboxylic acids is 1. The molecule has 21 heavy (non-hydrogen) atoms. The van der Waals surface area contributed by atoms with Crippen molar-refractivity contribution in [1.82, 2.24) is 5.43 Å². The molecule has 0 fully saturated rings. The van der Waals surface area contributed by atoms with Crippen molar-refractivity contribution >= 4 is 5.91 Å². The Morgan fingerprint density at radius 3 is 2.19 bits per heavy atom. The third kappa shape index (κ3) is 4.71. The zero-order valence-electron chi connectivity index (χ0n) is 12.8. The summed E-state index contributed by atoms with van der Waals surface area (Å²) in [6.07, 6.45) is 0.673. The molecule has 1 unspecified atom stereocenters. The molecule has 0 saturated heterocycles. The number of benzene rings is 1. The van der Waals surface area contributed by atoms with Gasteiger partial charge in [0.2, 0.25) is 11.7 Å². The molecule has 0 bridgehead atoms. The molecule has 3 N–H and O–H groups in total. The number of nitrogens with two attached hydrogens (primary N) is 1. The van der Waals surface area contributed by atoms with Gasteiger partial charge in [-0.15, -0.1) is 0 Å². The van der Waals surface area contributed by atoms with Crippen LogP contribution >= 0.6 is 0 Å². The van der Waals surface area contributed by atoms with E-state index in [-0.39, 0.29) is 12.0 Å². The first-order valence-electron chi connectivity index (χ1n) is 6.51. The van der Waals surface area contributed by atoms with Crippen LogP contribution in [0.2, 0.25) is 0 Å². The highest BCUT2D eigenvalue weighted by atomic mass is 16.5. The predicted octanol–water partition coefficient (Wildman–Crippen LogP) is 1.25. The normalized spacial score (nSPS) is 11.5. The topological polar surface area (TPSA) is 92.0 Å². The summed E-state index contributed by atoms with van der Waals surface area (Å²) in [5, 5.41) is 0. The van der Waals surface area contributed by atoms with Crippen molar-refractivity contribution in [3.8, 4) is 23.0 Å². The Morgan fingerprint density at radius 2 is 1.76 bits per heavy atom. The third-order valence-electron chi connectivity index (χ3n) is 2.91. The number of hydrogen-bond acceptors (Lipinski definition) is 6. The van der Waals surface area contributed by atoms with E-state index < -0.39 is 0 Å². The van der Waals surface area contributed by atoms with Crippen molar-refractivity contribution in [2.24, 2.45) is 5.84 Å². The van der Waals surface area contributed by atoms with E-state index in [1.165, 1.54) is 21.3 Å². The van der Waals surface area contributed by atoms with Crippen LogP contribution in [0.15, 0.2) is 12.1 Å². The van der Waals surface area contributed by atoms with Gasteiger partial charge < -0.3 is 18.9 Å². The number of nitrogens with one attached hydrogen (secondary N) is 1. The van der Waals surface area contributed by atoms with E-state index >= 15 is 0 Å². The molecule has 7 heteroatoms. The molecule has 0 radical (unpaired) electrons. The quantitative estimate of drug-likeness (QED) is 0.426. The standard InChI is InChI=1S/C14H22N2O5/c1-9(5-6-13(17)16-15)21-10-7-11(18-2)14(20-4)12(8-10)19-3/h7-9H,5-6,15H2,1-4H3,(H,16,17). The van der Waals surface area contributed by atoms with E-state index in [0.29, 0.717) is 35.8 Å². The summed E-state index contributed by atoms with van der Waals surface area (Å²) >= 11 is 0.